The van der Waals surface area contributed by atoms with Gasteiger partial charge in [0.05, 0.1) is 0 Å². The van der Waals surface area contributed by atoms with Crippen molar-refractivity contribution in [2.75, 3.05) is 31.9 Å². The van der Waals surface area contributed by atoms with Gasteiger partial charge in [-0.25, -0.2) is 4.79 Å². The summed E-state index contributed by atoms with van der Waals surface area (Å²) in [5.41, 5.74) is 5.36. The zero-order valence-electron chi connectivity index (χ0n) is 12.4. The maximum absolute atomic E-state index is 11.6. The average Bonchev–Trinajstić information content (AvgIpc) is 2.27. The molecule has 0 aromatic carbocycles. The van der Waals surface area contributed by atoms with Gasteiger partial charge in [-0.1, -0.05) is 6.92 Å². The van der Waals surface area contributed by atoms with Crippen LogP contribution in [0, 0.1) is 0 Å². The number of thioether (sulfide) groups is 1. The van der Waals surface area contributed by atoms with Gasteiger partial charge in [0.25, 0.3) is 0 Å². The minimum Gasteiger partial charge on any atom is -0.444 e. The van der Waals surface area contributed by atoms with E-state index >= 15 is 0 Å². The van der Waals surface area contributed by atoms with Crippen molar-refractivity contribution >= 4 is 17.9 Å². The second kappa shape index (κ2) is 7.36. The summed E-state index contributed by atoms with van der Waals surface area (Å²) in [4.78, 5) is 14.0. The molecule has 1 heterocycles. The van der Waals surface area contributed by atoms with E-state index in [0.29, 0.717) is 18.3 Å². The van der Waals surface area contributed by atoms with Crippen LogP contribution in [0.15, 0.2) is 0 Å². The summed E-state index contributed by atoms with van der Waals surface area (Å²) < 4.78 is 5.23. The van der Waals surface area contributed by atoms with Gasteiger partial charge >= 0.3 is 6.09 Å². The number of nitrogens with one attached hydrogen (secondary N) is 1. The van der Waals surface area contributed by atoms with Gasteiger partial charge in [0.2, 0.25) is 0 Å². The van der Waals surface area contributed by atoms with Gasteiger partial charge in [-0.15, -0.1) is 0 Å². The lowest BCUT2D eigenvalue weighted by Crippen LogP contribution is -2.52. The topological polar surface area (TPSA) is 67.6 Å². The first kappa shape index (κ1) is 16.6. The molecule has 0 spiro atoms. The van der Waals surface area contributed by atoms with E-state index < -0.39 is 5.60 Å². The van der Waals surface area contributed by atoms with Crippen LogP contribution in [0.3, 0.4) is 0 Å². The van der Waals surface area contributed by atoms with E-state index in [0.717, 1.165) is 18.8 Å². The Balaban J connectivity index is 2.38. The molecule has 1 rings (SSSR count). The first-order valence-electron chi connectivity index (χ1n) is 6.84. The molecule has 3 N–H and O–H groups in total. The molecule has 1 aliphatic rings. The number of alkyl carbamates (subject to hydrolysis) is 1. The molecule has 1 fully saturated rings. The second-order valence-electron chi connectivity index (χ2n) is 5.95. The zero-order valence-corrected chi connectivity index (χ0v) is 13.3. The predicted octanol–water partition coefficient (Wildman–Crippen LogP) is 1.28. The van der Waals surface area contributed by atoms with Gasteiger partial charge in [-0.05, 0) is 20.8 Å². The van der Waals surface area contributed by atoms with Crippen LogP contribution in [0.1, 0.15) is 27.7 Å². The molecule has 1 aliphatic heterocycles. The van der Waals surface area contributed by atoms with E-state index in [1.54, 1.807) is 0 Å². The summed E-state index contributed by atoms with van der Waals surface area (Å²) in [6, 6.07) is 0.191. The molecule has 6 heteroatoms. The van der Waals surface area contributed by atoms with Crippen molar-refractivity contribution in [2.24, 2.45) is 5.73 Å². The van der Waals surface area contributed by atoms with Gasteiger partial charge < -0.3 is 15.8 Å². The lowest BCUT2D eigenvalue weighted by atomic mass is 10.2. The summed E-state index contributed by atoms with van der Waals surface area (Å²) in [5.74, 6) is 1.13. The molecular weight excluding hydrogens is 262 g/mol. The highest BCUT2D eigenvalue weighted by atomic mass is 32.2. The maximum Gasteiger partial charge on any atom is 0.407 e. The smallest absolute Gasteiger partial charge is 0.407 e. The highest BCUT2D eigenvalue weighted by Crippen LogP contribution is 2.19. The quantitative estimate of drug-likeness (QED) is 0.816. The Labute approximate surface area is 120 Å². The van der Waals surface area contributed by atoms with Crippen molar-refractivity contribution in [1.82, 2.24) is 10.2 Å². The summed E-state index contributed by atoms with van der Waals surface area (Å²) in [6.45, 7) is 11.0. The van der Waals surface area contributed by atoms with Gasteiger partial charge in [0, 0.05) is 43.2 Å². The molecular formula is C13H27N3O2S. The molecule has 0 bridgehead atoms. The number of carbonyl (C=O) groups excluding carboxylic acids is 1. The average molecular weight is 289 g/mol. The lowest BCUT2D eigenvalue weighted by Gasteiger charge is -2.36. The van der Waals surface area contributed by atoms with E-state index in [4.69, 9.17) is 10.5 Å². The fourth-order valence-electron chi connectivity index (χ4n) is 2.05. The molecule has 0 saturated carbocycles. The fraction of sp³-hybridized carbons (Fsp3) is 0.923. The predicted molar refractivity (Wildman–Crippen MR) is 80.6 cm³/mol. The van der Waals surface area contributed by atoms with E-state index in [1.807, 2.05) is 32.5 Å². The number of hydrogen-bond acceptors (Lipinski definition) is 5. The standard InChI is InChI=1S/C13H27N3O2S/c1-10-9-16(5-6-19-10)11(7-14)8-15-12(17)18-13(2,3)4/h10-11H,5-9,14H2,1-4H3,(H,15,17). The first-order chi connectivity index (χ1) is 8.81. The molecule has 0 aliphatic carbocycles. The zero-order chi connectivity index (χ0) is 14.5. The van der Waals surface area contributed by atoms with Gasteiger partial charge in [-0.3, -0.25) is 4.90 Å². The molecule has 2 atom stereocenters. The number of rotatable bonds is 4. The van der Waals surface area contributed by atoms with Crippen LogP contribution >= 0.6 is 11.8 Å². The Bertz CT molecular complexity index is 294. The lowest BCUT2D eigenvalue weighted by molar-refractivity contribution is 0.0509. The van der Waals surface area contributed by atoms with Crippen molar-refractivity contribution in [2.45, 2.75) is 44.6 Å². The summed E-state index contributed by atoms with van der Waals surface area (Å²) in [7, 11) is 0. The second-order valence-corrected chi connectivity index (χ2v) is 7.49. The van der Waals surface area contributed by atoms with Crippen LogP contribution in [-0.4, -0.2) is 59.8 Å². The van der Waals surface area contributed by atoms with E-state index in [2.05, 4.69) is 17.1 Å². The normalized spacial score (nSPS) is 22.9. The summed E-state index contributed by atoms with van der Waals surface area (Å²) in [5, 5.41) is 3.44. The number of ether oxygens (including phenoxy) is 1. The SMILES string of the molecule is CC1CN(C(CN)CNC(=O)OC(C)(C)C)CCS1. The third-order valence-corrected chi connectivity index (χ3v) is 4.08. The molecule has 0 radical (unpaired) electrons. The Hall–Kier alpha value is -0.460. The maximum atomic E-state index is 11.6. The van der Waals surface area contributed by atoms with Crippen molar-refractivity contribution in [3.63, 3.8) is 0 Å². The molecule has 1 saturated heterocycles. The molecule has 1 amide bonds. The minimum absolute atomic E-state index is 0.191. The van der Waals surface area contributed by atoms with Crippen LogP contribution in [0.4, 0.5) is 4.79 Å². The largest absolute Gasteiger partial charge is 0.444 e. The van der Waals surface area contributed by atoms with Crippen LogP contribution in [-0.2, 0) is 4.74 Å². The van der Waals surface area contributed by atoms with Crippen molar-refractivity contribution in [3.8, 4) is 0 Å². The molecule has 0 aromatic heterocycles. The van der Waals surface area contributed by atoms with E-state index in [-0.39, 0.29) is 12.1 Å². The van der Waals surface area contributed by atoms with Crippen molar-refractivity contribution < 1.29 is 9.53 Å². The Kier molecular flexibility index (Phi) is 6.42. The van der Waals surface area contributed by atoms with E-state index in [9.17, 15) is 4.79 Å². The summed E-state index contributed by atoms with van der Waals surface area (Å²) in [6.07, 6.45) is -0.370. The van der Waals surface area contributed by atoms with Crippen LogP contribution in [0.2, 0.25) is 0 Å². The number of carbonyl (C=O) groups is 1. The van der Waals surface area contributed by atoms with Gasteiger partial charge in [-0.2, -0.15) is 11.8 Å². The van der Waals surface area contributed by atoms with Crippen LogP contribution < -0.4 is 11.1 Å². The highest BCUT2D eigenvalue weighted by Gasteiger charge is 2.24. The Morgan fingerprint density at radius 3 is 2.79 bits per heavy atom. The molecule has 112 valence electrons. The molecule has 19 heavy (non-hydrogen) atoms. The van der Waals surface area contributed by atoms with Crippen LogP contribution in [0.25, 0.3) is 0 Å². The Morgan fingerprint density at radius 2 is 2.26 bits per heavy atom. The fourth-order valence-corrected chi connectivity index (χ4v) is 3.09. The minimum atomic E-state index is -0.460. The van der Waals surface area contributed by atoms with E-state index in [1.165, 1.54) is 0 Å². The molecule has 2 unspecified atom stereocenters. The van der Waals surface area contributed by atoms with Gasteiger partial charge in [0.1, 0.15) is 5.60 Å². The summed E-state index contributed by atoms with van der Waals surface area (Å²) >= 11 is 1.99. The monoisotopic (exact) mass is 289 g/mol. The number of nitrogens with zero attached hydrogens (tertiary/aromatic N) is 1. The number of amides is 1. The third-order valence-electron chi connectivity index (χ3n) is 2.94. The van der Waals surface area contributed by atoms with Crippen molar-refractivity contribution in [1.29, 1.82) is 0 Å². The third kappa shape index (κ3) is 6.49. The highest BCUT2D eigenvalue weighted by molar-refractivity contribution is 7.99. The number of nitrogens with two attached hydrogens (primary N) is 1. The molecule has 5 nitrogen and oxygen atoms in total. The van der Waals surface area contributed by atoms with Gasteiger partial charge in [0.15, 0.2) is 0 Å². The first-order valence-corrected chi connectivity index (χ1v) is 7.89. The number of hydrogen-bond donors (Lipinski definition) is 2. The van der Waals surface area contributed by atoms with Crippen LogP contribution in [0.5, 0.6) is 0 Å². The Morgan fingerprint density at radius 1 is 1.58 bits per heavy atom. The molecule has 0 aromatic rings. The van der Waals surface area contributed by atoms with Crippen molar-refractivity contribution in [3.05, 3.63) is 0 Å².